The Labute approximate surface area is 365 Å². The van der Waals surface area contributed by atoms with Crippen LogP contribution >= 0.6 is 0 Å². The molecule has 0 radical (unpaired) electrons. The maximum absolute atomic E-state index is 14.4. The van der Waals surface area contributed by atoms with Crippen molar-refractivity contribution in [2.75, 3.05) is 89.5 Å². The number of anilines is 1. The van der Waals surface area contributed by atoms with Gasteiger partial charge in [0.1, 0.15) is 9.84 Å². The molecule has 15 heteroatoms. The number of carbonyl (C=O) groups excluding carboxylic acids is 4. The van der Waals surface area contributed by atoms with Crippen LogP contribution in [0.1, 0.15) is 94.8 Å². The second-order valence-corrected chi connectivity index (χ2v) is 19.7. The molecule has 0 spiro atoms. The summed E-state index contributed by atoms with van der Waals surface area (Å²) in [5.41, 5.74) is 4.08. The second-order valence-electron chi connectivity index (χ2n) is 17.5. The quantitative estimate of drug-likeness (QED) is 0.231. The molecule has 3 aromatic rings. The van der Waals surface area contributed by atoms with Crippen molar-refractivity contribution in [3.8, 4) is 11.5 Å². The maximum Gasteiger partial charge on any atom is 0.264 e. The lowest BCUT2D eigenvalue weighted by atomic mass is 9.90. The molecule has 3 aromatic carbocycles. The Bertz CT molecular complexity index is 2250. The van der Waals surface area contributed by atoms with Crippen LogP contribution in [0.5, 0.6) is 11.5 Å². The van der Waals surface area contributed by atoms with Gasteiger partial charge in [0.15, 0.2) is 11.5 Å². The van der Waals surface area contributed by atoms with Crippen LogP contribution in [0.15, 0.2) is 60.7 Å². The molecular weight excluding hydrogens is 809 g/mol. The van der Waals surface area contributed by atoms with Gasteiger partial charge in [-0.3, -0.25) is 34.3 Å². The van der Waals surface area contributed by atoms with Crippen molar-refractivity contribution in [3.05, 3.63) is 88.5 Å². The van der Waals surface area contributed by atoms with E-state index in [4.69, 9.17) is 9.47 Å². The highest BCUT2D eigenvalue weighted by Crippen LogP contribution is 2.40. The first-order valence-corrected chi connectivity index (χ1v) is 24.3. The Kier molecular flexibility index (Phi) is 13.3. The molecule has 5 aliphatic heterocycles. The molecule has 332 valence electrons. The normalized spacial score (nSPS) is 21.9. The molecule has 4 saturated heterocycles. The van der Waals surface area contributed by atoms with Gasteiger partial charge in [0.2, 0.25) is 11.8 Å². The minimum atomic E-state index is -3.61. The molecule has 0 aliphatic carbocycles. The fourth-order valence-electron chi connectivity index (χ4n) is 10.3. The first-order valence-electron chi connectivity index (χ1n) is 22.3. The van der Waals surface area contributed by atoms with Crippen LogP contribution in [-0.2, 0) is 25.8 Å². The number of likely N-dealkylation sites (tertiary alicyclic amines) is 2. The molecule has 8 rings (SSSR count). The fraction of sp³-hybridized carbons (Fsp3) is 0.532. The van der Waals surface area contributed by atoms with Gasteiger partial charge in [-0.1, -0.05) is 36.4 Å². The van der Waals surface area contributed by atoms with E-state index in [0.29, 0.717) is 59.7 Å². The molecule has 0 saturated carbocycles. The number of sulfone groups is 1. The lowest BCUT2D eigenvalue weighted by Crippen LogP contribution is -2.55. The summed E-state index contributed by atoms with van der Waals surface area (Å²) >= 11 is 0. The summed E-state index contributed by atoms with van der Waals surface area (Å²) in [4.78, 5) is 63.4. The highest BCUT2D eigenvalue weighted by Gasteiger charge is 2.44. The van der Waals surface area contributed by atoms with E-state index in [0.717, 1.165) is 101 Å². The number of rotatable bonds is 14. The smallest absolute Gasteiger partial charge is 0.264 e. The summed E-state index contributed by atoms with van der Waals surface area (Å²) in [6.45, 7) is 10.8. The lowest BCUT2D eigenvalue weighted by Gasteiger charge is -2.46. The number of carbonyl (C=O) groups is 4. The summed E-state index contributed by atoms with van der Waals surface area (Å²) in [7, 11) is -2.09. The van der Waals surface area contributed by atoms with Crippen molar-refractivity contribution < 1.29 is 37.1 Å². The molecule has 4 amide bonds. The Hall–Kier alpha value is -4.83. The molecule has 1 N–H and O–H groups in total. The number of nitrogens with one attached hydrogen (secondary N) is 1. The van der Waals surface area contributed by atoms with E-state index in [9.17, 15) is 27.6 Å². The van der Waals surface area contributed by atoms with Gasteiger partial charge < -0.3 is 24.2 Å². The van der Waals surface area contributed by atoms with Gasteiger partial charge >= 0.3 is 0 Å². The van der Waals surface area contributed by atoms with E-state index in [2.05, 4.69) is 37.0 Å². The van der Waals surface area contributed by atoms with Crippen molar-refractivity contribution in [1.29, 1.82) is 0 Å². The minimum absolute atomic E-state index is 0.184. The van der Waals surface area contributed by atoms with Crippen LogP contribution in [0.4, 0.5) is 5.69 Å². The van der Waals surface area contributed by atoms with E-state index in [1.807, 2.05) is 31.2 Å². The molecule has 5 heterocycles. The second kappa shape index (κ2) is 18.9. The predicted octanol–water partition coefficient (Wildman–Crippen LogP) is 4.29. The zero-order valence-corrected chi connectivity index (χ0v) is 37.0. The molecule has 2 unspecified atom stereocenters. The van der Waals surface area contributed by atoms with Crippen molar-refractivity contribution in [2.45, 2.75) is 75.9 Å². The van der Waals surface area contributed by atoms with Gasteiger partial charge in [-0.05, 0) is 113 Å². The molecule has 14 nitrogen and oxygen atoms in total. The van der Waals surface area contributed by atoms with E-state index in [-0.39, 0.29) is 17.7 Å². The lowest BCUT2D eigenvalue weighted by molar-refractivity contribution is -0.134. The number of methoxy groups -OCH3 is 1. The average molecular weight is 869 g/mol. The number of benzene rings is 3. The summed E-state index contributed by atoms with van der Waals surface area (Å²) in [5.74, 6) is -1.13. The standard InChI is InChI=1S/C47H60N6O8S/c1-4-61-42-30-34(12-14-41(42)60-2)40(31-62(3,58)59)53-46(56)38-6-5-7-39(44(38)47(53)57)52-28-26-51(27-29-52)36-19-24-50(25-20-36)35-17-22-49(23-18-35)21-16-32-8-10-33(11-9-32)37-13-15-43(54)48-45(37)55/h5-12,14,30,35-37,40H,4,13,15-29,31H2,1-3H3,(H,48,54,55). The topological polar surface area (TPSA) is 149 Å². The largest absolute Gasteiger partial charge is 0.493 e. The van der Waals surface area contributed by atoms with Gasteiger partial charge in [0.05, 0.1) is 48.2 Å². The zero-order chi connectivity index (χ0) is 43.5. The number of ether oxygens (including phenoxy) is 2. The maximum atomic E-state index is 14.4. The molecule has 4 fully saturated rings. The van der Waals surface area contributed by atoms with E-state index in [1.165, 1.54) is 25.5 Å². The molecule has 2 atom stereocenters. The summed E-state index contributed by atoms with van der Waals surface area (Å²) in [6, 6.07) is 18.8. The highest BCUT2D eigenvalue weighted by molar-refractivity contribution is 7.90. The number of nitrogens with zero attached hydrogens (tertiary/aromatic N) is 5. The number of piperazine rings is 1. The average Bonchev–Trinajstić information content (AvgIpc) is 3.53. The number of amides is 4. The highest BCUT2D eigenvalue weighted by atomic mass is 32.2. The van der Waals surface area contributed by atoms with Crippen LogP contribution in [0.25, 0.3) is 0 Å². The van der Waals surface area contributed by atoms with Gasteiger partial charge in [-0.2, -0.15) is 0 Å². The van der Waals surface area contributed by atoms with Crippen LogP contribution in [0, 0.1) is 0 Å². The minimum Gasteiger partial charge on any atom is -0.493 e. The predicted molar refractivity (Wildman–Crippen MR) is 237 cm³/mol. The molecule has 62 heavy (non-hydrogen) atoms. The summed E-state index contributed by atoms with van der Waals surface area (Å²) in [6.07, 6.45) is 7.69. The van der Waals surface area contributed by atoms with Crippen LogP contribution < -0.4 is 19.7 Å². The monoisotopic (exact) mass is 868 g/mol. The zero-order valence-electron chi connectivity index (χ0n) is 36.2. The molecule has 0 aromatic heterocycles. The van der Waals surface area contributed by atoms with Crippen molar-refractivity contribution in [2.24, 2.45) is 0 Å². The molecule has 0 bridgehead atoms. The molecular formula is C47H60N6O8S. The van der Waals surface area contributed by atoms with Gasteiger partial charge in [0.25, 0.3) is 11.8 Å². The Morgan fingerprint density at radius 1 is 0.774 bits per heavy atom. The number of fused-ring (bicyclic) bond motifs is 1. The Morgan fingerprint density at radius 3 is 2.10 bits per heavy atom. The third kappa shape index (κ3) is 9.55. The van der Waals surface area contributed by atoms with Gasteiger partial charge in [-0.15, -0.1) is 0 Å². The molecule has 5 aliphatic rings. The van der Waals surface area contributed by atoms with E-state index >= 15 is 0 Å². The van der Waals surface area contributed by atoms with E-state index in [1.54, 1.807) is 24.3 Å². The van der Waals surface area contributed by atoms with Gasteiger partial charge in [0, 0.05) is 57.5 Å². The third-order valence-corrected chi connectivity index (χ3v) is 14.6. The SMILES string of the molecule is CCOc1cc(C(CS(C)(=O)=O)N2C(=O)c3cccc(N4CCN(C5CCN(C6CCN(CCc7ccc(C8CCC(=O)NC8=O)cc7)CC6)CC5)CC4)c3C2=O)ccc1OC. The van der Waals surface area contributed by atoms with E-state index < -0.39 is 33.4 Å². The van der Waals surface area contributed by atoms with Crippen molar-refractivity contribution >= 4 is 39.2 Å². The number of piperidine rings is 3. The summed E-state index contributed by atoms with van der Waals surface area (Å²) in [5, 5.41) is 2.46. The fourth-order valence-corrected chi connectivity index (χ4v) is 11.2. The Balaban J connectivity index is 0.818. The summed E-state index contributed by atoms with van der Waals surface area (Å²) < 4.78 is 36.7. The van der Waals surface area contributed by atoms with Crippen LogP contribution in [-0.4, -0.2) is 148 Å². The first kappa shape index (κ1) is 43.8. The third-order valence-electron chi connectivity index (χ3n) is 13.7. The number of hydrogen-bond acceptors (Lipinski definition) is 12. The van der Waals surface area contributed by atoms with Crippen molar-refractivity contribution in [3.63, 3.8) is 0 Å². The number of imide groups is 2. The number of hydrogen-bond donors (Lipinski definition) is 1. The van der Waals surface area contributed by atoms with Crippen molar-refractivity contribution in [1.82, 2.24) is 24.9 Å². The van der Waals surface area contributed by atoms with Crippen LogP contribution in [0.3, 0.4) is 0 Å². The Morgan fingerprint density at radius 2 is 1.45 bits per heavy atom. The van der Waals surface area contributed by atoms with Crippen LogP contribution in [0.2, 0.25) is 0 Å². The van der Waals surface area contributed by atoms with Gasteiger partial charge in [-0.25, -0.2) is 8.42 Å². The first-order chi connectivity index (χ1) is 29.9.